The van der Waals surface area contributed by atoms with E-state index in [9.17, 15) is 9.59 Å². The SMILES string of the molecule is Cc1ccccc1CN(C)C(=O)CSc1nc2sc3c(c2c(=O)n1CC1CCCO1)CCCC3. The van der Waals surface area contributed by atoms with E-state index in [4.69, 9.17) is 9.72 Å². The number of hydrogen-bond donors (Lipinski definition) is 0. The number of benzene rings is 1. The summed E-state index contributed by atoms with van der Waals surface area (Å²) in [7, 11) is 1.83. The molecule has 1 unspecified atom stereocenters. The molecule has 1 saturated heterocycles. The van der Waals surface area contributed by atoms with E-state index < -0.39 is 0 Å². The smallest absolute Gasteiger partial charge is 0.263 e. The molecule has 0 spiro atoms. The van der Waals surface area contributed by atoms with Crippen LogP contribution in [0.5, 0.6) is 0 Å². The van der Waals surface area contributed by atoms with E-state index in [1.807, 2.05) is 19.2 Å². The summed E-state index contributed by atoms with van der Waals surface area (Å²) >= 11 is 3.03. The number of thioether (sulfide) groups is 1. The van der Waals surface area contributed by atoms with Gasteiger partial charge in [0.1, 0.15) is 4.83 Å². The standard InChI is InChI=1S/C26H31N3O3S2/c1-17-8-3-4-9-18(17)14-28(2)22(30)16-33-26-27-24-23(20-11-5-6-12-21(20)34-24)25(31)29(26)15-19-10-7-13-32-19/h3-4,8-9,19H,5-7,10-16H2,1-2H3. The number of carbonyl (C=O) groups excluding carboxylic acids is 1. The Hall–Kier alpha value is -2.16. The third-order valence-electron chi connectivity index (χ3n) is 6.87. The molecular formula is C26H31N3O3S2. The lowest BCUT2D eigenvalue weighted by Gasteiger charge is -2.19. The van der Waals surface area contributed by atoms with Gasteiger partial charge in [-0.25, -0.2) is 4.98 Å². The van der Waals surface area contributed by atoms with E-state index in [0.29, 0.717) is 18.2 Å². The van der Waals surface area contributed by atoms with Crippen molar-refractivity contribution in [2.75, 3.05) is 19.4 Å². The zero-order chi connectivity index (χ0) is 23.7. The van der Waals surface area contributed by atoms with Gasteiger partial charge in [0.2, 0.25) is 5.91 Å². The molecule has 6 nitrogen and oxygen atoms in total. The third kappa shape index (κ3) is 4.81. The fourth-order valence-corrected chi connectivity index (χ4v) is 7.10. The van der Waals surface area contributed by atoms with Crippen LogP contribution in [-0.2, 0) is 35.5 Å². The van der Waals surface area contributed by atoms with Crippen molar-refractivity contribution in [1.29, 1.82) is 0 Å². The van der Waals surface area contributed by atoms with E-state index in [1.165, 1.54) is 34.2 Å². The molecule has 5 rings (SSSR count). The van der Waals surface area contributed by atoms with Gasteiger partial charge >= 0.3 is 0 Å². The Balaban J connectivity index is 1.40. The molecule has 1 atom stereocenters. The van der Waals surface area contributed by atoms with Gasteiger partial charge in [-0.2, -0.15) is 0 Å². The second kappa shape index (κ2) is 10.2. The van der Waals surface area contributed by atoms with Gasteiger partial charge in [0.05, 0.1) is 23.8 Å². The third-order valence-corrected chi connectivity index (χ3v) is 9.02. The fraction of sp³-hybridized carbons (Fsp3) is 0.500. The summed E-state index contributed by atoms with van der Waals surface area (Å²) in [6, 6.07) is 8.12. The molecule has 0 saturated carbocycles. The Morgan fingerprint density at radius 1 is 1.26 bits per heavy atom. The Labute approximate surface area is 208 Å². The molecular weight excluding hydrogens is 466 g/mol. The first-order valence-corrected chi connectivity index (χ1v) is 13.9. The summed E-state index contributed by atoms with van der Waals surface area (Å²) < 4.78 is 7.62. The second-order valence-electron chi connectivity index (χ2n) is 9.30. The van der Waals surface area contributed by atoms with Gasteiger partial charge in [0, 0.05) is 25.1 Å². The number of amides is 1. The highest BCUT2D eigenvalue weighted by Gasteiger charge is 2.25. The summed E-state index contributed by atoms with van der Waals surface area (Å²) in [4.78, 5) is 35.5. The maximum Gasteiger partial charge on any atom is 0.263 e. The Morgan fingerprint density at radius 2 is 2.09 bits per heavy atom. The zero-order valence-electron chi connectivity index (χ0n) is 19.8. The number of aryl methyl sites for hydroxylation is 3. The van der Waals surface area contributed by atoms with Gasteiger partial charge in [0.25, 0.3) is 5.56 Å². The van der Waals surface area contributed by atoms with Crippen LogP contribution in [0.3, 0.4) is 0 Å². The van der Waals surface area contributed by atoms with Crippen molar-refractivity contribution >= 4 is 39.2 Å². The Kier molecular flexibility index (Phi) is 7.09. The molecule has 1 aliphatic carbocycles. The maximum absolute atomic E-state index is 13.7. The predicted molar refractivity (Wildman–Crippen MR) is 138 cm³/mol. The number of hydrogen-bond acceptors (Lipinski definition) is 6. The summed E-state index contributed by atoms with van der Waals surface area (Å²) in [5.41, 5.74) is 3.55. The molecule has 3 aromatic rings. The van der Waals surface area contributed by atoms with Crippen LogP contribution in [0, 0.1) is 6.92 Å². The molecule has 0 N–H and O–H groups in total. The van der Waals surface area contributed by atoms with Crippen LogP contribution in [-0.4, -0.2) is 45.9 Å². The topological polar surface area (TPSA) is 64.4 Å². The molecule has 2 aromatic heterocycles. The molecule has 1 amide bonds. The molecule has 8 heteroatoms. The first-order valence-electron chi connectivity index (χ1n) is 12.1. The molecule has 34 heavy (non-hydrogen) atoms. The van der Waals surface area contributed by atoms with Crippen molar-refractivity contribution < 1.29 is 9.53 Å². The minimum absolute atomic E-state index is 0.0248. The van der Waals surface area contributed by atoms with Crippen LogP contribution in [0.1, 0.15) is 47.3 Å². The van der Waals surface area contributed by atoms with Gasteiger partial charge in [-0.15, -0.1) is 11.3 Å². The summed E-state index contributed by atoms with van der Waals surface area (Å²) in [6.45, 7) is 3.88. The lowest BCUT2D eigenvalue weighted by molar-refractivity contribution is -0.127. The Morgan fingerprint density at radius 3 is 2.88 bits per heavy atom. The van der Waals surface area contributed by atoms with E-state index in [1.54, 1.807) is 20.8 Å². The fourth-order valence-electron chi connectivity index (χ4n) is 4.85. The second-order valence-corrected chi connectivity index (χ2v) is 11.3. The average Bonchev–Trinajstić information content (AvgIpc) is 3.48. The maximum atomic E-state index is 13.7. The van der Waals surface area contributed by atoms with Gasteiger partial charge in [-0.1, -0.05) is 36.0 Å². The van der Waals surface area contributed by atoms with Crippen molar-refractivity contribution in [2.24, 2.45) is 0 Å². The van der Waals surface area contributed by atoms with Crippen LogP contribution in [0.4, 0.5) is 0 Å². The van der Waals surface area contributed by atoms with E-state index in [0.717, 1.165) is 54.5 Å². The number of nitrogens with zero attached hydrogens (tertiary/aromatic N) is 3. The van der Waals surface area contributed by atoms with Gasteiger partial charge in [-0.05, 0) is 62.1 Å². The molecule has 1 aromatic carbocycles. The van der Waals surface area contributed by atoms with E-state index >= 15 is 0 Å². The quantitative estimate of drug-likeness (QED) is 0.353. The monoisotopic (exact) mass is 497 g/mol. The molecule has 2 aliphatic rings. The van der Waals surface area contributed by atoms with E-state index in [-0.39, 0.29) is 23.3 Å². The van der Waals surface area contributed by atoms with Crippen LogP contribution in [0.2, 0.25) is 0 Å². The number of fused-ring (bicyclic) bond motifs is 3. The van der Waals surface area contributed by atoms with Gasteiger partial charge in [0.15, 0.2) is 5.16 Å². The highest BCUT2D eigenvalue weighted by molar-refractivity contribution is 7.99. The van der Waals surface area contributed by atoms with Gasteiger partial charge < -0.3 is 9.64 Å². The number of rotatable bonds is 7. The average molecular weight is 498 g/mol. The van der Waals surface area contributed by atoms with Crippen LogP contribution < -0.4 is 5.56 Å². The van der Waals surface area contributed by atoms with Crippen molar-refractivity contribution in [1.82, 2.24) is 14.5 Å². The highest BCUT2D eigenvalue weighted by Crippen LogP contribution is 2.35. The van der Waals surface area contributed by atoms with Crippen LogP contribution in [0.25, 0.3) is 10.2 Å². The van der Waals surface area contributed by atoms with E-state index in [2.05, 4.69) is 19.1 Å². The van der Waals surface area contributed by atoms with Crippen molar-refractivity contribution in [3.05, 3.63) is 56.2 Å². The van der Waals surface area contributed by atoms with Crippen molar-refractivity contribution in [3.63, 3.8) is 0 Å². The number of thiophene rings is 1. The molecule has 1 aliphatic heterocycles. The summed E-state index contributed by atoms with van der Waals surface area (Å²) in [6.07, 6.45) is 6.30. The molecule has 1 fully saturated rings. The molecule has 0 radical (unpaired) electrons. The van der Waals surface area contributed by atoms with Crippen LogP contribution in [0.15, 0.2) is 34.2 Å². The summed E-state index contributed by atoms with van der Waals surface area (Å²) in [5.74, 6) is 0.272. The Bertz CT molecular complexity index is 1260. The minimum Gasteiger partial charge on any atom is -0.376 e. The first-order chi connectivity index (χ1) is 16.5. The van der Waals surface area contributed by atoms with Gasteiger partial charge in [-0.3, -0.25) is 14.2 Å². The molecule has 180 valence electrons. The lowest BCUT2D eigenvalue weighted by atomic mass is 9.97. The largest absolute Gasteiger partial charge is 0.376 e. The molecule has 3 heterocycles. The first kappa shape index (κ1) is 23.6. The lowest BCUT2D eigenvalue weighted by Crippen LogP contribution is -2.31. The normalized spacial score (nSPS) is 17.8. The van der Waals surface area contributed by atoms with Crippen molar-refractivity contribution in [3.8, 4) is 0 Å². The highest BCUT2D eigenvalue weighted by atomic mass is 32.2. The summed E-state index contributed by atoms with van der Waals surface area (Å²) in [5, 5.41) is 1.43. The predicted octanol–water partition coefficient (Wildman–Crippen LogP) is 4.57. The minimum atomic E-state index is 0.0248. The van der Waals surface area contributed by atoms with Crippen LogP contribution >= 0.6 is 23.1 Å². The zero-order valence-corrected chi connectivity index (χ0v) is 21.5. The number of ether oxygens (including phenoxy) is 1. The number of carbonyl (C=O) groups is 1. The molecule has 0 bridgehead atoms. The number of aromatic nitrogens is 2. The van der Waals surface area contributed by atoms with Crippen molar-refractivity contribution in [2.45, 2.75) is 69.8 Å².